The number of para-hydroxylation sites is 1. The minimum atomic E-state index is -0.129. The van der Waals surface area contributed by atoms with Gasteiger partial charge in [-0.2, -0.15) is 0 Å². The molecule has 0 aliphatic carbocycles. The molecule has 3 aromatic heterocycles. The summed E-state index contributed by atoms with van der Waals surface area (Å²) < 4.78 is 12.4. The van der Waals surface area contributed by atoms with Gasteiger partial charge in [0.1, 0.15) is 0 Å². The predicted molar refractivity (Wildman–Crippen MR) is 112 cm³/mol. The van der Waals surface area contributed by atoms with Crippen molar-refractivity contribution in [3.05, 3.63) is 63.9 Å². The zero-order valence-corrected chi connectivity index (χ0v) is 17.1. The van der Waals surface area contributed by atoms with E-state index >= 15 is 0 Å². The van der Waals surface area contributed by atoms with E-state index in [1.165, 1.54) is 11.8 Å². The first-order valence-electron chi connectivity index (χ1n) is 8.80. The van der Waals surface area contributed by atoms with E-state index in [2.05, 4.69) is 5.16 Å². The predicted octanol–water partition coefficient (Wildman–Crippen LogP) is 4.61. The van der Waals surface area contributed by atoms with Gasteiger partial charge in [-0.1, -0.05) is 35.1 Å². The van der Waals surface area contributed by atoms with Gasteiger partial charge in [0.15, 0.2) is 10.9 Å². The van der Waals surface area contributed by atoms with Gasteiger partial charge in [-0.05, 0) is 30.5 Å². The quantitative estimate of drug-likeness (QED) is 0.325. The molecule has 0 spiro atoms. The Morgan fingerprint density at radius 2 is 2.14 bits per heavy atom. The highest BCUT2D eigenvalue weighted by Crippen LogP contribution is 2.28. The number of rotatable bonds is 7. The molecule has 28 heavy (non-hydrogen) atoms. The molecule has 1 atom stereocenters. The first kappa shape index (κ1) is 18.9. The van der Waals surface area contributed by atoms with Gasteiger partial charge >= 0.3 is 0 Å². The molecule has 4 aromatic rings. The molecule has 0 fully saturated rings. The van der Waals surface area contributed by atoms with Gasteiger partial charge < -0.3 is 9.26 Å². The van der Waals surface area contributed by atoms with Crippen LogP contribution in [0, 0.1) is 0 Å². The number of methoxy groups -OCH3 is 1. The molecular weight excluding hydrogens is 394 g/mol. The standard InChI is InChI=1S/C20H19N3O3S2/c1-13(11-25-2)23-19(24)15-6-3-4-7-16(15)21-20(23)28-12-14-10-17(26-22-14)18-8-5-9-27-18/h3-10,13H,11-12H2,1-2H3/t13-/m0/s1. The van der Waals surface area contributed by atoms with E-state index < -0.39 is 0 Å². The van der Waals surface area contributed by atoms with E-state index in [9.17, 15) is 4.79 Å². The summed E-state index contributed by atoms with van der Waals surface area (Å²) in [5.74, 6) is 1.31. The van der Waals surface area contributed by atoms with E-state index in [1.807, 2.05) is 48.7 Å². The molecule has 4 rings (SSSR count). The molecule has 0 saturated carbocycles. The minimum absolute atomic E-state index is 0.0583. The van der Waals surface area contributed by atoms with Gasteiger partial charge in [0, 0.05) is 18.9 Å². The first-order valence-corrected chi connectivity index (χ1v) is 10.7. The van der Waals surface area contributed by atoms with Gasteiger partial charge in [0.05, 0.1) is 34.1 Å². The van der Waals surface area contributed by atoms with Crippen LogP contribution in [0.25, 0.3) is 21.5 Å². The summed E-state index contributed by atoms with van der Waals surface area (Å²) in [4.78, 5) is 18.8. The van der Waals surface area contributed by atoms with E-state index in [0.29, 0.717) is 28.4 Å². The maximum absolute atomic E-state index is 13.1. The van der Waals surface area contributed by atoms with Crippen LogP contribution in [0.1, 0.15) is 18.7 Å². The van der Waals surface area contributed by atoms with E-state index in [0.717, 1.165) is 16.3 Å². The molecule has 0 saturated heterocycles. The van der Waals surface area contributed by atoms with Crippen molar-refractivity contribution < 1.29 is 9.26 Å². The topological polar surface area (TPSA) is 70.2 Å². The molecule has 1 aromatic carbocycles. The van der Waals surface area contributed by atoms with Crippen LogP contribution >= 0.6 is 23.1 Å². The zero-order valence-electron chi connectivity index (χ0n) is 15.5. The maximum Gasteiger partial charge on any atom is 0.262 e. The van der Waals surface area contributed by atoms with Crippen LogP contribution in [-0.2, 0) is 10.5 Å². The van der Waals surface area contributed by atoms with Crippen molar-refractivity contribution in [2.24, 2.45) is 0 Å². The highest BCUT2D eigenvalue weighted by Gasteiger charge is 2.17. The maximum atomic E-state index is 13.1. The van der Waals surface area contributed by atoms with E-state index in [-0.39, 0.29) is 11.6 Å². The summed E-state index contributed by atoms with van der Waals surface area (Å²) in [6.45, 7) is 2.39. The first-order chi connectivity index (χ1) is 13.7. The number of aromatic nitrogens is 3. The van der Waals surface area contributed by atoms with Gasteiger partial charge in [0.25, 0.3) is 5.56 Å². The third-order valence-electron chi connectivity index (χ3n) is 4.30. The molecule has 0 unspecified atom stereocenters. The fourth-order valence-corrected chi connectivity index (χ4v) is 4.64. The normalized spacial score (nSPS) is 12.5. The van der Waals surface area contributed by atoms with Crippen LogP contribution in [0.15, 0.2) is 62.3 Å². The number of nitrogens with zero attached hydrogens (tertiary/aromatic N) is 3. The fraction of sp³-hybridized carbons (Fsp3) is 0.250. The number of benzene rings is 1. The molecule has 6 nitrogen and oxygen atoms in total. The Morgan fingerprint density at radius 1 is 1.29 bits per heavy atom. The Balaban J connectivity index is 1.65. The zero-order chi connectivity index (χ0) is 19.5. The fourth-order valence-electron chi connectivity index (χ4n) is 2.99. The van der Waals surface area contributed by atoms with Crippen LogP contribution in [0.5, 0.6) is 0 Å². The Bertz CT molecular complexity index is 1140. The molecule has 0 amide bonds. The van der Waals surface area contributed by atoms with Crippen molar-refractivity contribution in [3.63, 3.8) is 0 Å². The SMILES string of the molecule is COC[C@H](C)n1c(SCc2cc(-c3cccs3)on2)nc2ccccc2c1=O. The molecule has 0 aliphatic rings. The van der Waals surface area contributed by atoms with Crippen molar-refractivity contribution in [2.75, 3.05) is 13.7 Å². The summed E-state index contributed by atoms with van der Waals surface area (Å²) in [7, 11) is 1.63. The molecule has 0 radical (unpaired) electrons. The summed E-state index contributed by atoms with van der Waals surface area (Å²) in [6.07, 6.45) is 0. The lowest BCUT2D eigenvalue weighted by Gasteiger charge is -2.18. The molecule has 0 N–H and O–H groups in total. The van der Waals surface area contributed by atoms with Crippen LogP contribution in [0.3, 0.4) is 0 Å². The lowest BCUT2D eigenvalue weighted by molar-refractivity contribution is 0.156. The Hall–Kier alpha value is -2.42. The lowest BCUT2D eigenvalue weighted by Crippen LogP contribution is -2.28. The van der Waals surface area contributed by atoms with Crippen molar-refractivity contribution in [2.45, 2.75) is 23.9 Å². The second-order valence-electron chi connectivity index (χ2n) is 6.34. The summed E-state index contributed by atoms with van der Waals surface area (Å²) in [5.41, 5.74) is 1.44. The van der Waals surface area contributed by atoms with Gasteiger partial charge in [0.2, 0.25) is 0 Å². The Morgan fingerprint density at radius 3 is 2.93 bits per heavy atom. The lowest BCUT2D eigenvalue weighted by atomic mass is 10.2. The summed E-state index contributed by atoms with van der Waals surface area (Å²) >= 11 is 3.08. The van der Waals surface area contributed by atoms with Crippen LogP contribution < -0.4 is 5.56 Å². The third kappa shape index (κ3) is 3.76. The summed E-state index contributed by atoms with van der Waals surface area (Å²) in [5, 5.41) is 7.41. The molecule has 0 bridgehead atoms. The molecule has 144 valence electrons. The van der Waals surface area contributed by atoms with Crippen molar-refractivity contribution in [1.82, 2.24) is 14.7 Å². The van der Waals surface area contributed by atoms with E-state index in [1.54, 1.807) is 29.1 Å². The molecule has 3 heterocycles. The molecule has 8 heteroatoms. The molecule has 0 aliphatic heterocycles. The van der Waals surface area contributed by atoms with Crippen molar-refractivity contribution >= 4 is 34.0 Å². The average molecular weight is 414 g/mol. The smallest absolute Gasteiger partial charge is 0.262 e. The monoisotopic (exact) mass is 413 g/mol. The number of hydrogen-bond donors (Lipinski definition) is 0. The second-order valence-corrected chi connectivity index (χ2v) is 8.23. The number of ether oxygens (including phenoxy) is 1. The second kappa shape index (κ2) is 8.30. The van der Waals surface area contributed by atoms with Crippen molar-refractivity contribution in [1.29, 1.82) is 0 Å². The highest BCUT2D eigenvalue weighted by atomic mass is 32.2. The number of fused-ring (bicyclic) bond motifs is 1. The summed E-state index contributed by atoms with van der Waals surface area (Å²) in [6, 6.07) is 13.2. The van der Waals surface area contributed by atoms with Crippen LogP contribution in [0.4, 0.5) is 0 Å². The Labute approximate surface area is 170 Å². The van der Waals surface area contributed by atoms with Crippen LogP contribution in [0.2, 0.25) is 0 Å². The largest absolute Gasteiger partial charge is 0.383 e. The van der Waals surface area contributed by atoms with Gasteiger partial charge in [-0.25, -0.2) is 4.98 Å². The highest BCUT2D eigenvalue weighted by molar-refractivity contribution is 7.98. The Kier molecular flexibility index (Phi) is 5.61. The minimum Gasteiger partial charge on any atom is -0.383 e. The number of thioether (sulfide) groups is 1. The third-order valence-corrected chi connectivity index (χ3v) is 6.17. The van der Waals surface area contributed by atoms with Crippen molar-refractivity contribution in [3.8, 4) is 10.6 Å². The van der Waals surface area contributed by atoms with Gasteiger partial charge in [-0.3, -0.25) is 9.36 Å². The average Bonchev–Trinajstić information content (AvgIpc) is 3.38. The van der Waals surface area contributed by atoms with E-state index in [4.69, 9.17) is 14.2 Å². The van der Waals surface area contributed by atoms with Crippen LogP contribution in [-0.4, -0.2) is 28.4 Å². The molecular formula is C20H19N3O3S2. The van der Waals surface area contributed by atoms with Gasteiger partial charge in [-0.15, -0.1) is 11.3 Å². The number of hydrogen-bond acceptors (Lipinski definition) is 7. The number of thiophene rings is 1.